The molecule has 3 amide bonds. The standard InChI is InChI=1S/C28H27ClN4O7/c1-3-37-24-11-19(6-8-22(24)38-15-26(34)32-21-12-20(29)7-4-17(21)2)14-31-33-28(36)27(35)30-13-18-5-9-23-25(10-18)40-16-39-23/h4-12,14H,3,13,15-16H2,1-2H3,(H,30,35)(H,32,34)(H,33,36)/b31-14-. The van der Waals surface area contributed by atoms with Crippen LogP contribution < -0.4 is 35.0 Å². The lowest BCUT2D eigenvalue weighted by molar-refractivity contribution is -0.139. The van der Waals surface area contributed by atoms with E-state index in [0.29, 0.717) is 45.9 Å². The Hall–Kier alpha value is -4.77. The molecule has 0 aromatic heterocycles. The molecule has 12 heteroatoms. The van der Waals surface area contributed by atoms with E-state index in [1.807, 2.05) is 19.9 Å². The van der Waals surface area contributed by atoms with Crippen LogP contribution in [0, 0.1) is 6.92 Å². The highest BCUT2D eigenvalue weighted by atomic mass is 35.5. The Bertz CT molecular complexity index is 1440. The number of amides is 3. The highest BCUT2D eigenvalue weighted by molar-refractivity contribution is 6.35. The van der Waals surface area contributed by atoms with E-state index in [2.05, 4.69) is 21.2 Å². The maximum absolute atomic E-state index is 12.4. The first-order valence-electron chi connectivity index (χ1n) is 12.3. The Morgan fingerprint density at radius 3 is 2.62 bits per heavy atom. The van der Waals surface area contributed by atoms with Crippen molar-refractivity contribution in [3.63, 3.8) is 0 Å². The zero-order valence-corrected chi connectivity index (χ0v) is 22.5. The number of hydrogen-bond acceptors (Lipinski definition) is 8. The molecule has 40 heavy (non-hydrogen) atoms. The van der Waals surface area contributed by atoms with Crippen molar-refractivity contribution < 1.29 is 33.3 Å². The molecule has 0 aliphatic carbocycles. The normalized spacial score (nSPS) is 11.7. The Morgan fingerprint density at radius 2 is 1.80 bits per heavy atom. The first-order valence-corrected chi connectivity index (χ1v) is 12.7. The fourth-order valence-corrected chi connectivity index (χ4v) is 3.75. The summed E-state index contributed by atoms with van der Waals surface area (Å²) in [6.45, 7) is 4.04. The first kappa shape index (κ1) is 28.2. The molecule has 0 spiro atoms. The number of benzene rings is 3. The Kier molecular flexibility index (Phi) is 9.42. The Balaban J connectivity index is 1.28. The maximum atomic E-state index is 12.4. The molecule has 3 N–H and O–H groups in total. The van der Waals surface area contributed by atoms with Crippen molar-refractivity contribution in [2.75, 3.05) is 25.3 Å². The lowest BCUT2D eigenvalue weighted by Crippen LogP contribution is -2.37. The average Bonchev–Trinajstić information content (AvgIpc) is 3.41. The molecule has 208 valence electrons. The molecule has 0 fully saturated rings. The lowest BCUT2D eigenvalue weighted by atomic mass is 10.2. The topological polar surface area (TPSA) is 137 Å². The lowest BCUT2D eigenvalue weighted by Gasteiger charge is -2.13. The maximum Gasteiger partial charge on any atom is 0.329 e. The van der Waals surface area contributed by atoms with Gasteiger partial charge in [0.2, 0.25) is 6.79 Å². The quantitative estimate of drug-likeness (QED) is 0.194. The fraction of sp³-hybridized carbons (Fsp3) is 0.214. The van der Waals surface area contributed by atoms with Crippen LogP contribution in [0.3, 0.4) is 0 Å². The zero-order valence-electron chi connectivity index (χ0n) is 21.8. The van der Waals surface area contributed by atoms with Gasteiger partial charge >= 0.3 is 11.8 Å². The van der Waals surface area contributed by atoms with Gasteiger partial charge in [-0.3, -0.25) is 14.4 Å². The summed E-state index contributed by atoms with van der Waals surface area (Å²) in [5, 5.41) is 9.63. The van der Waals surface area contributed by atoms with Gasteiger partial charge in [0.1, 0.15) is 0 Å². The molecule has 0 saturated carbocycles. The number of aryl methyl sites for hydroxylation is 1. The number of anilines is 1. The van der Waals surface area contributed by atoms with Crippen molar-refractivity contribution in [1.29, 1.82) is 0 Å². The van der Waals surface area contributed by atoms with Gasteiger partial charge < -0.3 is 29.6 Å². The van der Waals surface area contributed by atoms with Crippen molar-refractivity contribution in [2.45, 2.75) is 20.4 Å². The number of hydrogen-bond donors (Lipinski definition) is 3. The van der Waals surface area contributed by atoms with Crippen LogP contribution in [-0.4, -0.2) is 43.9 Å². The molecule has 0 radical (unpaired) electrons. The largest absolute Gasteiger partial charge is 0.490 e. The molecule has 1 aliphatic heterocycles. The summed E-state index contributed by atoms with van der Waals surface area (Å²) in [6, 6.07) is 15.3. The second-order valence-corrected chi connectivity index (χ2v) is 8.94. The number of nitrogens with zero attached hydrogens (tertiary/aromatic N) is 1. The molecule has 1 heterocycles. The zero-order chi connectivity index (χ0) is 28.5. The van der Waals surface area contributed by atoms with Gasteiger partial charge in [0, 0.05) is 17.3 Å². The van der Waals surface area contributed by atoms with E-state index in [4.69, 9.17) is 30.5 Å². The van der Waals surface area contributed by atoms with Crippen LogP contribution in [-0.2, 0) is 20.9 Å². The molecule has 3 aromatic carbocycles. The van der Waals surface area contributed by atoms with Gasteiger partial charge in [0.25, 0.3) is 5.91 Å². The molecule has 4 rings (SSSR count). The average molecular weight is 567 g/mol. The van der Waals surface area contributed by atoms with Crippen LogP contribution in [0.15, 0.2) is 59.7 Å². The van der Waals surface area contributed by atoms with Gasteiger partial charge in [-0.15, -0.1) is 0 Å². The molecule has 11 nitrogen and oxygen atoms in total. The second kappa shape index (κ2) is 13.3. The first-order chi connectivity index (χ1) is 19.3. The second-order valence-electron chi connectivity index (χ2n) is 8.50. The monoisotopic (exact) mass is 566 g/mol. The number of halogens is 1. The van der Waals surface area contributed by atoms with E-state index >= 15 is 0 Å². The van der Waals surface area contributed by atoms with Gasteiger partial charge in [-0.2, -0.15) is 5.10 Å². The van der Waals surface area contributed by atoms with Gasteiger partial charge in [-0.25, -0.2) is 5.43 Å². The summed E-state index contributed by atoms with van der Waals surface area (Å²) in [4.78, 5) is 36.6. The summed E-state index contributed by atoms with van der Waals surface area (Å²) in [6.07, 6.45) is 1.35. The van der Waals surface area contributed by atoms with Crippen molar-refractivity contribution >= 4 is 41.2 Å². The van der Waals surface area contributed by atoms with Crippen molar-refractivity contribution in [2.24, 2.45) is 5.10 Å². The fourth-order valence-electron chi connectivity index (χ4n) is 3.58. The van der Waals surface area contributed by atoms with Crippen LogP contribution in [0.4, 0.5) is 5.69 Å². The number of hydrazone groups is 1. The smallest absolute Gasteiger partial charge is 0.329 e. The van der Waals surface area contributed by atoms with E-state index in [-0.39, 0.29) is 25.9 Å². The van der Waals surface area contributed by atoms with Crippen molar-refractivity contribution in [1.82, 2.24) is 10.7 Å². The number of rotatable bonds is 10. The van der Waals surface area contributed by atoms with E-state index in [9.17, 15) is 14.4 Å². The van der Waals surface area contributed by atoms with Crippen LogP contribution >= 0.6 is 11.6 Å². The van der Waals surface area contributed by atoms with Crippen molar-refractivity contribution in [3.05, 3.63) is 76.3 Å². The van der Waals surface area contributed by atoms with Gasteiger partial charge in [-0.1, -0.05) is 23.7 Å². The van der Waals surface area contributed by atoms with Crippen LogP contribution in [0.2, 0.25) is 5.02 Å². The molecule has 0 atom stereocenters. The number of carbonyl (C=O) groups excluding carboxylic acids is 3. The highest BCUT2D eigenvalue weighted by Crippen LogP contribution is 2.32. The Morgan fingerprint density at radius 1 is 0.975 bits per heavy atom. The third-order valence-electron chi connectivity index (χ3n) is 5.58. The van der Waals surface area contributed by atoms with E-state index < -0.39 is 11.8 Å². The minimum atomic E-state index is -0.928. The summed E-state index contributed by atoms with van der Waals surface area (Å²) in [5.74, 6) is -0.196. The molecular formula is C28H27ClN4O7. The molecule has 1 aliphatic rings. The van der Waals surface area contributed by atoms with E-state index in [0.717, 1.165) is 11.1 Å². The summed E-state index contributed by atoms with van der Waals surface area (Å²) >= 11 is 6.01. The molecule has 0 unspecified atom stereocenters. The predicted octanol–water partition coefficient (Wildman–Crippen LogP) is 3.56. The molecule has 0 bridgehead atoms. The van der Waals surface area contributed by atoms with E-state index in [1.54, 1.807) is 48.5 Å². The number of fused-ring (bicyclic) bond motifs is 1. The third kappa shape index (κ3) is 7.64. The summed E-state index contributed by atoms with van der Waals surface area (Å²) in [7, 11) is 0. The van der Waals surface area contributed by atoms with Crippen LogP contribution in [0.1, 0.15) is 23.6 Å². The molecular weight excluding hydrogens is 540 g/mol. The highest BCUT2D eigenvalue weighted by Gasteiger charge is 2.16. The Labute approximate surface area is 235 Å². The third-order valence-corrected chi connectivity index (χ3v) is 5.81. The summed E-state index contributed by atoms with van der Waals surface area (Å²) < 4.78 is 21.8. The summed E-state index contributed by atoms with van der Waals surface area (Å²) in [5.41, 5.74) is 4.96. The van der Waals surface area contributed by atoms with Crippen LogP contribution in [0.25, 0.3) is 0 Å². The number of ether oxygens (including phenoxy) is 4. The van der Waals surface area contributed by atoms with Gasteiger partial charge in [0.05, 0.1) is 12.8 Å². The SMILES string of the molecule is CCOc1cc(/C=N\NC(=O)C(=O)NCc2ccc3c(c2)OCO3)ccc1OCC(=O)Nc1cc(Cl)ccc1C. The van der Waals surface area contributed by atoms with Gasteiger partial charge in [-0.05, 0) is 73.0 Å². The van der Waals surface area contributed by atoms with E-state index in [1.165, 1.54) is 6.21 Å². The van der Waals surface area contributed by atoms with Gasteiger partial charge in [0.15, 0.2) is 29.6 Å². The minimum Gasteiger partial charge on any atom is -0.490 e. The number of nitrogens with one attached hydrogen (secondary N) is 3. The predicted molar refractivity (Wildman–Crippen MR) is 148 cm³/mol. The minimum absolute atomic E-state index is 0.127. The molecule has 0 saturated heterocycles. The molecule has 3 aromatic rings. The van der Waals surface area contributed by atoms with Crippen LogP contribution in [0.5, 0.6) is 23.0 Å². The van der Waals surface area contributed by atoms with Crippen molar-refractivity contribution in [3.8, 4) is 23.0 Å². The number of carbonyl (C=O) groups is 3.